The number of amides is 2. The van der Waals surface area contributed by atoms with E-state index in [-0.39, 0.29) is 17.3 Å². The highest BCUT2D eigenvalue weighted by Crippen LogP contribution is 2.55. The summed E-state index contributed by atoms with van der Waals surface area (Å²) in [6, 6.07) is 8.90. The summed E-state index contributed by atoms with van der Waals surface area (Å²) in [4.78, 5) is 24.4. The number of hydrogen-bond donors (Lipinski definition) is 2. The Morgan fingerprint density at radius 1 is 1.05 bits per heavy atom. The molecule has 3 fully saturated rings. The van der Waals surface area contributed by atoms with Crippen molar-refractivity contribution in [3.05, 3.63) is 48.4 Å². The predicted octanol–water partition coefficient (Wildman–Crippen LogP) is 4.48. The maximum Gasteiger partial charge on any atom is 0.323 e. The molecule has 12 heteroatoms. The van der Waals surface area contributed by atoms with Crippen LogP contribution in [0.25, 0.3) is 11.4 Å². The fourth-order valence-electron chi connectivity index (χ4n) is 5.99. The van der Waals surface area contributed by atoms with Gasteiger partial charge >= 0.3 is 6.03 Å². The predicted molar refractivity (Wildman–Crippen MR) is 158 cm³/mol. The standard InChI is InChI=1S/C29H37N7O4S/c1-20-19-40-15-14-36(20)26-16-25(29(12-13-29)41(38,39)24-6-4-3-5-7-24)33-27(34-26)21-8-10-22(11-9-21)31-28(37)32-23-17-30-35(2)18-23/h8-11,16-18,20,24H,3-7,12-15,19H2,1-2H3,(H2,31,32,37)/t20-/m0/s1. The summed E-state index contributed by atoms with van der Waals surface area (Å²) in [7, 11) is -1.62. The minimum Gasteiger partial charge on any atom is -0.377 e. The molecule has 0 radical (unpaired) electrons. The number of sulfone groups is 1. The molecule has 218 valence electrons. The van der Waals surface area contributed by atoms with Gasteiger partial charge in [-0.3, -0.25) is 4.68 Å². The lowest BCUT2D eigenvalue weighted by atomic mass is 10.0. The van der Waals surface area contributed by atoms with E-state index >= 15 is 0 Å². The SMILES string of the molecule is C[C@H]1COCCN1c1cc(C2(S(=O)(=O)C3CCCCC3)CC2)nc(-c2ccc(NC(=O)Nc3cnn(C)c3)cc2)n1. The summed E-state index contributed by atoms with van der Waals surface area (Å²) in [6.07, 6.45) is 8.97. The fraction of sp³-hybridized carbons (Fsp3) is 0.517. The van der Waals surface area contributed by atoms with E-state index < -0.39 is 14.6 Å². The van der Waals surface area contributed by atoms with Crippen molar-refractivity contribution in [2.45, 2.75) is 67.9 Å². The molecule has 11 nitrogen and oxygen atoms in total. The fourth-order valence-corrected chi connectivity index (χ4v) is 8.65. The molecule has 0 bridgehead atoms. The van der Waals surface area contributed by atoms with Crippen LogP contribution in [-0.4, -0.2) is 65.2 Å². The number of aromatic nitrogens is 4. The lowest BCUT2D eigenvalue weighted by Gasteiger charge is -2.35. The van der Waals surface area contributed by atoms with Crippen molar-refractivity contribution in [3.8, 4) is 11.4 Å². The molecule has 1 aromatic carbocycles. The Balaban J connectivity index is 1.30. The van der Waals surface area contributed by atoms with Gasteiger partial charge in [-0.25, -0.2) is 23.2 Å². The number of nitrogens with one attached hydrogen (secondary N) is 2. The topological polar surface area (TPSA) is 131 Å². The maximum absolute atomic E-state index is 14.0. The second-order valence-corrected chi connectivity index (χ2v) is 13.9. The van der Waals surface area contributed by atoms with Gasteiger partial charge in [-0.05, 0) is 56.9 Å². The smallest absolute Gasteiger partial charge is 0.323 e. The molecule has 2 amide bonds. The summed E-state index contributed by atoms with van der Waals surface area (Å²) in [5, 5.41) is 9.32. The van der Waals surface area contributed by atoms with Crippen molar-refractivity contribution in [1.82, 2.24) is 19.7 Å². The van der Waals surface area contributed by atoms with Crippen molar-refractivity contribution < 1.29 is 17.9 Å². The van der Waals surface area contributed by atoms with Gasteiger partial charge in [0.25, 0.3) is 0 Å². The van der Waals surface area contributed by atoms with Crippen LogP contribution in [-0.2, 0) is 26.4 Å². The number of benzene rings is 1. The highest BCUT2D eigenvalue weighted by Gasteiger charge is 2.59. The first-order valence-electron chi connectivity index (χ1n) is 14.4. The normalized spacial score (nSPS) is 20.9. The molecule has 1 aliphatic heterocycles. The number of aryl methyl sites for hydroxylation is 1. The molecular formula is C29H37N7O4S. The van der Waals surface area contributed by atoms with Gasteiger partial charge in [0.1, 0.15) is 10.6 Å². The highest BCUT2D eigenvalue weighted by atomic mass is 32.2. The van der Waals surface area contributed by atoms with Gasteiger partial charge in [-0.15, -0.1) is 0 Å². The Morgan fingerprint density at radius 2 is 1.78 bits per heavy atom. The molecule has 1 saturated heterocycles. The average Bonchev–Trinajstić information content (AvgIpc) is 3.71. The van der Waals surface area contributed by atoms with Gasteiger partial charge in [-0.1, -0.05) is 19.3 Å². The van der Waals surface area contributed by atoms with Gasteiger partial charge in [0.05, 0.1) is 42.1 Å². The quantitative estimate of drug-likeness (QED) is 0.419. The third-order valence-corrected chi connectivity index (χ3v) is 11.5. The number of urea groups is 1. The van der Waals surface area contributed by atoms with Crippen molar-refractivity contribution >= 4 is 33.1 Å². The minimum atomic E-state index is -3.40. The van der Waals surface area contributed by atoms with Crippen LogP contribution < -0.4 is 15.5 Å². The van der Waals surface area contributed by atoms with Gasteiger partial charge in [0.2, 0.25) is 0 Å². The summed E-state index contributed by atoms with van der Waals surface area (Å²) in [5.74, 6) is 1.21. The molecule has 3 aliphatic rings. The first-order chi connectivity index (χ1) is 19.7. The summed E-state index contributed by atoms with van der Waals surface area (Å²) in [6.45, 7) is 3.94. The molecule has 0 spiro atoms. The number of hydrogen-bond acceptors (Lipinski definition) is 8. The van der Waals surface area contributed by atoms with Crippen molar-refractivity contribution in [2.75, 3.05) is 35.3 Å². The molecule has 0 unspecified atom stereocenters. The van der Waals surface area contributed by atoms with Gasteiger partial charge < -0.3 is 20.3 Å². The van der Waals surface area contributed by atoms with Crippen LogP contribution in [0.3, 0.4) is 0 Å². The van der Waals surface area contributed by atoms with Crippen molar-refractivity contribution in [2.24, 2.45) is 7.05 Å². The summed E-state index contributed by atoms with van der Waals surface area (Å²) >= 11 is 0. The van der Waals surface area contributed by atoms with Crippen molar-refractivity contribution in [3.63, 3.8) is 0 Å². The van der Waals surface area contributed by atoms with E-state index in [1.807, 2.05) is 18.2 Å². The third kappa shape index (κ3) is 5.54. The monoisotopic (exact) mass is 579 g/mol. The molecule has 2 aromatic heterocycles. The van der Waals surface area contributed by atoms with Crippen LogP contribution in [0.4, 0.5) is 22.0 Å². The van der Waals surface area contributed by atoms with Crippen LogP contribution >= 0.6 is 0 Å². The average molecular weight is 580 g/mol. The second kappa shape index (κ2) is 11.1. The molecule has 1 atom stereocenters. The molecule has 3 heterocycles. The summed E-state index contributed by atoms with van der Waals surface area (Å²) < 4.78 is 34.3. The Bertz CT molecular complexity index is 1510. The first kappa shape index (κ1) is 27.6. The number of anilines is 3. The molecule has 6 rings (SSSR count). The molecule has 2 saturated carbocycles. The van der Waals surface area contributed by atoms with E-state index in [4.69, 9.17) is 14.7 Å². The number of ether oxygens (including phenoxy) is 1. The first-order valence-corrected chi connectivity index (χ1v) is 15.9. The van der Waals surface area contributed by atoms with Crippen LogP contribution in [0.1, 0.15) is 57.6 Å². The Kier molecular flexibility index (Phi) is 7.45. The van der Waals surface area contributed by atoms with E-state index in [0.29, 0.717) is 55.5 Å². The highest BCUT2D eigenvalue weighted by molar-refractivity contribution is 7.93. The van der Waals surface area contributed by atoms with Gasteiger partial charge in [0, 0.05) is 37.1 Å². The van der Waals surface area contributed by atoms with Gasteiger partial charge in [0.15, 0.2) is 15.7 Å². The third-order valence-electron chi connectivity index (χ3n) is 8.44. The van der Waals surface area contributed by atoms with E-state index in [2.05, 4.69) is 27.6 Å². The number of carbonyl (C=O) groups is 1. The molecule has 2 aliphatic carbocycles. The maximum atomic E-state index is 14.0. The van der Waals surface area contributed by atoms with Crippen LogP contribution in [0.2, 0.25) is 0 Å². The summed E-state index contributed by atoms with van der Waals surface area (Å²) in [5.41, 5.74) is 2.54. The number of rotatable bonds is 7. The molecule has 41 heavy (non-hydrogen) atoms. The Labute approximate surface area is 240 Å². The Morgan fingerprint density at radius 3 is 2.44 bits per heavy atom. The molecule has 3 aromatic rings. The van der Waals surface area contributed by atoms with Crippen molar-refractivity contribution in [1.29, 1.82) is 0 Å². The molecule has 2 N–H and O–H groups in total. The number of nitrogens with zero attached hydrogens (tertiary/aromatic N) is 5. The second-order valence-electron chi connectivity index (χ2n) is 11.4. The van der Waals surface area contributed by atoms with Crippen LogP contribution in [0.15, 0.2) is 42.7 Å². The van der Waals surface area contributed by atoms with Gasteiger partial charge in [-0.2, -0.15) is 5.10 Å². The number of morpholine rings is 1. The van der Waals surface area contributed by atoms with Crippen LogP contribution in [0.5, 0.6) is 0 Å². The zero-order valence-electron chi connectivity index (χ0n) is 23.5. The lowest BCUT2D eigenvalue weighted by molar-refractivity contribution is 0.0985. The van der Waals surface area contributed by atoms with E-state index in [1.165, 1.54) is 0 Å². The van der Waals surface area contributed by atoms with E-state index in [0.717, 1.165) is 43.5 Å². The zero-order chi connectivity index (χ0) is 28.6. The van der Waals surface area contributed by atoms with Crippen LogP contribution in [0, 0.1) is 0 Å². The lowest BCUT2D eigenvalue weighted by Crippen LogP contribution is -2.44. The Hall–Kier alpha value is -3.51. The van der Waals surface area contributed by atoms with E-state index in [1.54, 1.807) is 36.3 Å². The van der Waals surface area contributed by atoms with E-state index in [9.17, 15) is 13.2 Å². The molecular weight excluding hydrogens is 542 g/mol. The largest absolute Gasteiger partial charge is 0.377 e. The minimum absolute atomic E-state index is 0.106. The number of carbonyl (C=O) groups excluding carboxylic acids is 1. The zero-order valence-corrected chi connectivity index (χ0v) is 24.4.